The summed E-state index contributed by atoms with van der Waals surface area (Å²) in [5.74, 6) is 0.00914. The molecule has 0 bridgehead atoms. The van der Waals surface area contributed by atoms with Gasteiger partial charge in [-0.25, -0.2) is 0 Å². The van der Waals surface area contributed by atoms with Crippen LogP contribution in [0.3, 0.4) is 0 Å². The zero-order valence-electron chi connectivity index (χ0n) is 15.0. The van der Waals surface area contributed by atoms with Crippen LogP contribution >= 0.6 is 0 Å². The summed E-state index contributed by atoms with van der Waals surface area (Å²) in [4.78, 5) is 11.4. The van der Waals surface area contributed by atoms with Crippen LogP contribution in [0.4, 0.5) is 0 Å². The molecule has 0 aliphatic carbocycles. The van der Waals surface area contributed by atoms with Crippen LogP contribution in [0.5, 0.6) is 0 Å². The van der Waals surface area contributed by atoms with Gasteiger partial charge < -0.3 is 10.6 Å². The molecule has 2 aromatic carbocycles. The van der Waals surface area contributed by atoms with Gasteiger partial charge in [-0.2, -0.15) is 0 Å². The first-order valence-electron chi connectivity index (χ1n) is 8.52. The number of hydrogen-bond donors (Lipinski definition) is 2. The van der Waals surface area contributed by atoms with Crippen molar-refractivity contribution in [3.05, 3.63) is 71.8 Å². The van der Waals surface area contributed by atoms with Crippen LogP contribution in [0.2, 0.25) is 0 Å². The molecular weight excluding hydrogens is 296 g/mol. The molecule has 1 unspecified atom stereocenters. The molecule has 2 N–H and O–H groups in total. The van der Waals surface area contributed by atoms with E-state index in [-0.39, 0.29) is 23.5 Å². The van der Waals surface area contributed by atoms with E-state index in [0.29, 0.717) is 0 Å². The summed E-state index contributed by atoms with van der Waals surface area (Å²) in [6, 6.07) is 21.3. The molecule has 0 aliphatic heterocycles. The largest absolute Gasteiger partial charge is 0.351 e. The van der Waals surface area contributed by atoms with Crippen LogP contribution in [0.1, 0.15) is 51.3 Å². The van der Waals surface area contributed by atoms with Gasteiger partial charge in [-0.05, 0) is 38.3 Å². The lowest BCUT2D eigenvalue weighted by atomic mass is 9.93. The number of hydrogen-bond acceptors (Lipinski definition) is 2. The number of nitrogens with one attached hydrogen (secondary N) is 2. The van der Waals surface area contributed by atoms with Gasteiger partial charge >= 0.3 is 0 Å². The average Bonchev–Trinajstić information content (AvgIpc) is 2.52. The highest BCUT2D eigenvalue weighted by atomic mass is 16.1. The van der Waals surface area contributed by atoms with E-state index in [2.05, 4.69) is 79.9 Å². The van der Waals surface area contributed by atoms with Crippen molar-refractivity contribution in [1.82, 2.24) is 10.6 Å². The predicted molar refractivity (Wildman–Crippen MR) is 99.8 cm³/mol. The lowest BCUT2D eigenvalue weighted by Gasteiger charge is -2.32. The molecule has 0 saturated heterocycles. The smallest absolute Gasteiger partial charge is 0.217 e. The topological polar surface area (TPSA) is 41.1 Å². The Hall–Kier alpha value is -2.13. The molecule has 0 spiro atoms. The monoisotopic (exact) mass is 324 g/mol. The van der Waals surface area contributed by atoms with E-state index in [1.54, 1.807) is 6.92 Å². The maximum absolute atomic E-state index is 11.4. The van der Waals surface area contributed by atoms with Crippen molar-refractivity contribution in [2.75, 3.05) is 0 Å². The van der Waals surface area contributed by atoms with Gasteiger partial charge in [-0.15, -0.1) is 0 Å². The first kappa shape index (κ1) is 18.2. The molecule has 2 aromatic rings. The molecule has 0 aliphatic rings. The standard InChI is InChI=1S/C21H28N2O/c1-16(15-21(3,4)23-17(2)24)22-20(18-11-7-5-8-12-18)19-13-9-6-10-14-19/h5-14,16,20,22H,15H2,1-4H3,(H,23,24). The van der Waals surface area contributed by atoms with E-state index in [0.717, 1.165) is 6.42 Å². The SMILES string of the molecule is CC(=O)NC(C)(C)CC(C)NC(c1ccccc1)c1ccccc1. The zero-order valence-corrected chi connectivity index (χ0v) is 15.0. The van der Waals surface area contributed by atoms with Crippen LogP contribution in [0.15, 0.2) is 60.7 Å². The molecular formula is C21H28N2O. The Morgan fingerprint density at radius 3 is 1.83 bits per heavy atom. The third-order valence-electron chi connectivity index (χ3n) is 4.05. The lowest BCUT2D eigenvalue weighted by molar-refractivity contribution is -0.120. The van der Waals surface area contributed by atoms with Gasteiger partial charge in [0, 0.05) is 18.5 Å². The van der Waals surface area contributed by atoms with Gasteiger partial charge in [0.15, 0.2) is 0 Å². The zero-order chi connectivity index (χ0) is 17.6. The predicted octanol–water partition coefficient (Wildman–Crippen LogP) is 4.06. The fourth-order valence-electron chi connectivity index (χ4n) is 3.31. The third kappa shape index (κ3) is 5.50. The first-order chi connectivity index (χ1) is 11.4. The van der Waals surface area contributed by atoms with Crippen molar-refractivity contribution >= 4 is 5.91 Å². The number of carbonyl (C=O) groups is 1. The van der Waals surface area contributed by atoms with E-state index < -0.39 is 0 Å². The summed E-state index contributed by atoms with van der Waals surface area (Å²) < 4.78 is 0. The van der Waals surface area contributed by atoms with E-state index >= 15 is 0 Å². The van der Waals surface area contributed by atoms with Gasteiger partial charge in [0.2, 0.25) is 5.91 Å². The molecule has 2 rings (SSSR count). The Morgan fingerprint density at radius 1 is 0.958 bits per heavy atom. The molecule has 0 heterocycles. The molecule has 0 fully saturated rings. The minimum Gasteiger partial charge on any atom is -0.351 e. The van der Waals surface area contributed by atoms with Crippen LogP contribution < -0.4 is 10.6 Å². The Bertz CT molecular complexity index is 598. The quantitative estimate of drug-likeness (QED) is 0.806. The van der Waals surface area contributed by atoms with Gasteiger partial charge in [0.05, 0.1) is 6.04 Å². The minimum absolute atomic E-state index is 0.00914. The van der Waals surface area contributed by atoms with Crippen molar-refractivity contribution in [1.29, 1.82) is 0 Å². The second-order valence-electron chi connectivity index (χ2n) is 7.09. The molecule has 3 nitrogen and oxygen atoms in total. The van der Waals surface area contributed by atoms with Crippen LogP contribution in [-0.4, -0.2) is 17.5 Å². The van der Waals surface area contributed by atoms with Gasteiger partial charge in [-0.3, -0.25) is 4.79 Å². The van der Waals surface area contributed by atoms with E-state index in [4.69, 9.17) is 0 Å². The number of amides is 1. The van der Waals surface area contributed by atoms with Gasteiger partial charge in [0.1, 0.15) is 0 Å². The fourth-order valence-corrected chi connectivity index (χ4v) is 3.31. The fraction of sp³-hybridized carbons (Fsp3) is 0.381. The number of benzene rings is 2. The van der Waals surface area contributed by atoms with Crippen molar-refractivity contribution in [3.8, 4) is 0 Å². The molecule has 1 atom stereocenters. The van der Waals surface area contributed by atoms with Crippen molar-refractivity contribution in [3.63, 3.8) is 0 Å². The summed E-state index contributed by atoms with van der Waals surface area (Å²) in [7, 11) is 0. The number of rotatable bonds is 7. The lowest BCUT2D eigenvalue weighted by Crippen LogP contribution is -2.47. The highest BCUT2D eigenvalue weighted by Gasteiger charge is 2.24. The molecule has 1 amide bonds. The van der Waals surface area contributed by atoms with Crippen LogP contribution in [0, 0.1) is 0 Å². The Labute approximate surface area is 145 Å². The first-order valence-corrected chi connectivity index (χ1v) is 8.52. The van der Waals surface area contributed by atoms with Crippen LogP contribution in [-0.2, 0) is 4.79 Å². The second-order valence-corrected chi connectivity index (χ2v) is 7.09. The summed E-state index contributed by atoms with van der Waals surface area (Å²) in [5.41, 5.74) is 2.25. The van der Waals surface area contributed by atoms with E-state index in [1.165, 1.54) is 11.1 Å². The van der Waals surface area contributed by atoms with Gasteiger partial charge in [-0.1, -0.05) is 60.7 Å². The van der Waals surface area contributed by atoms with Gasteiger partial charge in [0.25, 0.3) is 0 Å². The van der Waals surface area contributed by atoms with Crippen molar-refractivity contribution < 1.29 is 4.79 Å². The Morgan fingerprint density at radius 2 is 1.42 bits per heavy atom. The summed E-state index contributed by atoms with van der Waals surface area (Å²) in [5, 5.41) is 6.75. The molecule has 0 aromatic heterocycles. The number of carbonyl (C=O) groups excluding carboxylic acids is 1. The Balaban J connectivity index is 2.16. The normalized spacial score (nSPS) is 12.9. The summed E-state index contributed by atoms with van der Waals surface area (Å²) in [6.45, 7) is 7.86. The van der Waals surface area contributed by atoms with Crippen LogP contribution in [0.25, 0.3) is 0 Å². The van der Waals surface area contributed by atoms with E-state index in [9.17, 15) is 4.79 Å². The highest BCUT2D eigenvalue weighted by Crippen LogP contribution is 2.24. The molecule has 0 radical (unpaired) electrons. The maximum Gasteiger partial charge on any atom is 0.217 e. The van der Waals surface area contributed by atoms with Crippen molar-refractivity contribution in [2.24, 2.45) is 0 Å². The highest BCUT2D eigenvalue weighted by molar-refractivity contribution is 5.73. The third-order valence-corrected chi connectivity index (χ3v) is 4.05. The Kier molecular flexibility index (Phi) is 6.16. The minimum atomic E-state index is -0.240. The summed E-state index contributed by atoms with van der Waals surface area (Å²) in [6.07, 6.45) is 0.850. The summed E-state index contributed by atoms with van der Waals surface area (Å²) >= 11 is 0. The second kappa shape index (κ2) is 8.11. The molecule has 3 heteroatoms. The molecule has 0 saturated carbocycles. The molecule has 24 heavy (non-hydrogen) atoms. The molecule has 128 valence electrons. The van der Waals surface area contributed by atoms with Crippen molar-refractivity contribution in [2.45, 2.75) is 51.7 Å². The maximum atomic E-state index is 11.4. The van der Waals surface area contributed by atoms with E-state index in [1.807, 2.05) is 12.1 Å². The average molecular weight is 324 g/mol.